The number of hydrogen-bond donors (Lipinski definition) is 2. The largest absolute Gasteiger partial charge is 0.492 e. The van der Waals surface area contributed by atoms with Crippen LogP contribution in [-0.2, 0) is 0 Å². The monoisotopic (exact) mass is 295 g/mol. The Labute approximate surface area is 123 Å². The minimum Gasteiger partial charge on any atom is -0.492 e. The summed E-state index contributed by atoms with van der Waals surface area (Å²) in [6.07, 6.45) is 2.79. The van der Waals surface area contributed by atoms with E-state index in [4.69, 9.17) is 10.5 Å². The smallest absolute Gasteiger partial charge is 0.263 e. The molecule has 5 nitrogen and oxygen atoms in total. The van der Waals surface area contributed by atoms with Crippen LogP contribution >= 0.6 is 11.3 Å². The van der Waals surface area contributed by atoms with Gasteiger partial charge >= 0.3 is 0 Å². The molecule has 0 bridgehead atoms. The Hall–Kier alpha value is -1.69. The molecule has 1 aromatic rings. The zero-order chi connectivity index (χ0) is 14.7. The van der Waals surface area contributed by atoms with E-state index in [2.05, 4.69) is 23.7 Å². The van der Waals surface area contributed by atoms with Crippen molar-refractivity contribution in [2.45, 2.75) is 13.3 Å². The first kappa shape index (κ1) is 14.7. The average molecular weight is 295 g/mol. The maximum Gasteiger partial charge on any atom is 0.263 e. The topological polar surface area (TPSA) is 67.6 Å². The van der Waals surface area contributed by atoms with Gasteiger partial charge in [-0.05, 0) is 12.3 Å². The van der Waals surface area contributed by atoms with E-state index >= 15 is 0 Å². The Kier molecular flexibility index (Phi) is 4.54. The molecule has 0 radical (unpaired) electrons. The molecule has 2 rings (SSSR count). The molecule has 1 amide bonds. The van der Waals surface area contributed by atoms with Gasteiger partial charge in [-0.2, -0.15) is 0 Å². The summed E-state index contributed by atoms with van der Waals surface area (Å²) in [6, 6.07) is 0. The quantitative estimate of drug-likeness (QED) is 0.816. The minimum absolute atomic E-state index is 0.177. The third-order valence-corrected chi connectivity index (χ3v) is 4.66. The number of methoxy groups -OCH3 is 1. The number of nitrogen functional groups attached to an aromatic ring is 1. The lowest BCUT2D eigenvalue weighted by Gasteiger charge is -2.17. The number of nitrogens with one attached hydrogen (secondary N) is 1. The SMILES string of the molecule is C=CCNC(=O)c1sc(N2CCC(C)C2)c(OC)c1N. The molecule has 3 N–H and O–H groups in total. The van der Waals surface area contributed by atoms with Crippen LogP contribution in [-0.4, -0.2) is 32.7 Å². The van der Waals surface area contributed by atoms with Crippen LogP contribution in [0, 0.1) is 5.92 Å². The van der Waals surface area contributed by atoms with E-state index in [1.165, 1.54) is 11.3 Å². The first-order valence-corrected chi connectivity index (χ1v) is 7.50. The van der Waals surface area contributed by atoms with Gasteiger partial charge in [0.05, 0.1) is 7.11 Å². The number of rotatable bonds is 5. The van der Waals surface area contributed by atoms with E-state index in [0.717, 1.165) is 24.5 Å². The van der Waals surface area contributed by atoms with Crippen LogP contribution in [0.3, 0.4) is 0 Å². The number of anilines is 2. The van der Waals surface area contributed by atoms with Gasteiger partial charge in [0.25, 0.3) is 5.91 Å². The maximum atomic E-state index is 12.1. The molecule has 1 aliphatic heterocycles. The zero-order valence-corrected chi connectivity index (χ0v) is 12.8. The van der Waals surface area contributed by atoms with Crippen LogP contribution in [0.1, 0.15) is 23.0 Å². The predicted octanol–water partition coefficient (Wildman–Crippen LogP) is 2.10. The lowest BCUT2D eigenvalue weighted by atomic mass is 10.2. The fraction of sp³-hybridized carbons (Fsp3) is 0.500. The van der Waals surface area contributed by atoms with Crippen molar-refractivity contribution in [1.29, 1.82) is 0 Å². The molecule has 0 saturated carbocycles. The summed E-state index contributed by atoms with van der Waals surface area (Å²) < 4.78 is 5.40. The first-order chi connectivity index (χ1) is 9.58. The fourth-order valence-corrected chi connectivity index (χ4v) is 3.50. The molecule has 0 spiro atoms. The Morgan fingerprint density at radius 3 is 3.00 bits per heavy atom. The van der Waals surface area contributed by atoms with Crippen LogP contribution in [0.25, 0.3) is 0 Å². The molecule has 6 heteroatoms. The summed E-state index contributed by atoms with van der Waals surface area (Å²) in [5.41, 5.74) is 6.49. The van der Waals surface area contributed by atoms with Gasteiger partial charge < -0.3 is 20.7 Å². The number of thiophene rings is 1. The summed E-state index contributed by atoms with van der Waals surface area (Å²) in [7, 11) is 1.59. The highest BCUT2D eigenvalue weighted by Gasteiger charge is 2.28. The van der Waals surface area contributed by atoms with Gasteiger partial charge in [-0.15, -0.1) is 17.9 Å². The van der Waals surface area contributed by atoms with Gasteiger partial charge in [0.1, 0.15) is 15.6 Å². The molecule has 1 atom stereocenters. The van der Waals surface area contributed by atoms with Crippen LogP contribution in [0.4, 0.5) is 10.7 Å². The molecule has 0 aromatic carbocycles. The van der Waals surface area contributed by atoms with Gasteiger partial charge in [-0.25, -0.2) is 0 Å². The van der Waals surface area contributed by atoms with Gasteiger partial charge in [-0.1, -0.05) is 13.0 Å². The summed E-state index contributed by atoms with van der Waals surface area (Å²) >= 11 is 1.40. The van der Waals surface area contributed by atoms with Crippen molar-refractivity contribution in [1.82, 2.24) is 5.32 Å². The normalized spacial score (nSPS) is 18.1. The van der Waals surface area contributed by atoms with Crippen molar-refractivity contribution >= 4 is 27.9 Å². The van der Waals surface area contributed by atoms with Crippen LogP contribution < -0.4 is 20.7 Å². The van der Waals surface area contributed by atoms with E-state index in [1.54, 1.807) is 13.2 Å². The number of carbonyl (C=O) groups is 1. The molecule has 1 saturated heterocycles. The van der Waals surface area contributed by atoms with E-state index < -0.39 is 0 Å². The van der Waals surface area contributed by atoms with Crippen molar-refractivity contribution in [3.8, 4) is 5.75 Å². The van der Waals surface area contributed by atoms with Crippen molar-refractivity contribution in [3.63, 3.8) is 0 Å². The molecule has 0 aliphatic carbocycles. The summed E-state index contributed by atoms with van der Waals surface area (Å²) in [6.45, 7) is 8.19. The van der Waals surface area contributed by atoms with E-state index in [-0.39, 0.29) is 5.91 Å². The van der Waals surface area contributed by atoms with E-state index in [1.807, 2.05) is 0 Å². The van der Waals surface area contributed by atoms with Crippen LogP contribution in [0.2, 0.25) is 0 Å². The third kappa shape index (κ3) is 2.75. The van der Waals surface area contributed by atoms with Gasteiger partial charge in [-0.3, -0.25) is 4.79 Å². The molecule has 1 aromatic heterocycles. The molecule has 1 unspecified atom stereocenters. The maximum absolute atomic E-state index is 12.1. The van der Waals surface area contributed by atoms with Crippen molar-refractivity contribution in [3.05, 3.63) is 17.5 Å². The lowest BCUT2D eigenvalue weighted by molar-refractivity contribution is 0.0962. The second-order valence-corrected chi connectivity index (χ2v) is 6.02. The fourth-order valence-electron chi connectivity index (χ4n) is 2.36. The molecule has 110 valence electrons. The standard InChI is InChI=1S/C14H21N3O2S/c1-4-6-16-13(18)12-10(15)11(19-3)14(20-12)17-7-5-9(2)8-17/h4,9H,1,5-8,15H2,2-3H3,(H,16,18). The van der Waals surface area contributed by atoms with Crippen molar-refractivity contribution in [2.75, 3.05) is 37.4 Å². The number of nitrogens with two attached hydrogens (primary N) is 1. The zero-order valence-electron chi connectivity index (χ0n) is 11.9. The van der Waals surface area contributed by atoms with Gasteiger partial charge in [0.2, 0.25) is 0 Å². The highest BCUT2D eigenvalue weighted by Crippen LogP contribution is 2.46. The summed E-state index contributed by atoms with van der Waals surface area (Å²) in [4.78, 5) is 14.8. The highest BCUT2D eigenvalue weighted by atomic mass is 32.1. The number of ether oxygens (including phenoxy) is 1. The van der Waals surface area contributed by atoms with Crippen LogP contribution in [0.5, 0.6) is 5.75 Å². The second kappa shape index (κ2) is 6.17. The third-order valence-electron chi connectivity index (χ3n) is 3.41. The van der Waals surface area contributed by atoms with E-state index in [0.29, 0.717) is 28.8 Å². The summed E-state index contributed by atoms with van der Waals surface area (Å²) in [5.74, 6) is 1.10. The lowest BCUT2D eigenvalue weighted by Crippen LogP contribution is -2.23. The second-order valence-electron chi connectivity index (χ2n) is 5.02. The Morgan fingerprint density at radius 1 is 1.70 bits per heavy atom. The van der Waals surface area contributed by atoms with E-state index in [9.17, 15) is 4.79 Å². The minimum atomic E-state index is -0.177. The molecule has 1 aliphatic rings. The number of amides is 1. The van der Waals surface area contributed by atoms with Crippen molar-refractivity contribution < 1.29 is 9.53 Å². The Bertz CT molecular complexity index is 513. The van der Waals surface area contributed by atoms with Crippen molar-refractivity contribution in [2.24, 2.45) is 5.92 Å². The van der Waals surface area contributed by atoms with Gasteiger partial charge in [0, 0.05) is 19.6 Å². The molecule has 20 heavy (non-hydrogen) atoms. The van der Waals surface area contributed by atoms with Gasteiger partial charge in [0.15, 0.2) is 5.75 Å². The number of hydrogen-bond acceptors (Lipinski definition) is 5. The number of nitrogens with zero attached hydrogens (tertiary/aromatic N) is 1. The summed E-state index contributed by atoms with van der Waals surface area (Å²) in [5, 5.41) is 3.71. The molecular formula is C14H21N3O2S. The average Bonchev–Trinajstić information content (AvgIpc) is 2.99. The molecular weight excluding hydrogens is 274 g/mol. The first-order valence-electron chi connectivity index (χ1n) is 6.68. The number of carbonyl (C=O) groups excluding carboxylic acids is 1. The Balaban J connectivity index is 2.29. The Morgan fingerprint density at radius 2 is 2.45 bits per heavy atom. The van der Waals surface area contributed by atoms with Crippen LogP contribution in [0.15, 0.2) is 12.7 Å². The predicted molar refractivity (Wildman–Crippen MR) is 83.8 cm³/mol. The molecule has 1 fully saturated rings. The molecule has 2 heterocycles. The highest BCUT2D eigenvalue weighted by molar-refractivity contribution is 7.19.